The normalized spacial score (nSPS) is 10.4. The summed E-state index contributed by atoms with van der Waals surface area (Å²) in [6.07, 6.45) is 1.72. The molecule has 20 heavy (non-hydrogen) atoms. The van der Waals surface area contributed by atoms with Gasteiger partial charge in [0.2, 0.25) is 0 Å². The molecule has 6 heteroatoms. The zero-order valence-corrected chi connectivity index (χ0v) is 11.5. The molecule has 1 aromatic heterocycles. The van der Waals surface area contributed by atoms with E-state index in [1.807, 2.05) is 6.92 Å². The Labute approximate surface area is 115 Å². The van der Waals surface area contributed by atoms with Crippen LogP contribution in [0.2, 0.25) is 0 Å². The number of carbonyl (C=O) groups is 1. The second-order valence-electron chi connectivity index (χ2n) is 4.32. The molecular formula is C14H15FN2O3. The molecule has 0 atom stereocenters. The minimum absolute atomic E-state index is 0.0817. The van der Waals surface area contributed by atoms with Crippen molar-refractivity contribution in [2.24, 2.45) is 7.05 Å². The average Bonchev–Trinajstić information content (AvgIpc) is 2.76. The Morgan fingerprint density at radius 2 is 2.20 bits per heavy atom. The predicted molar refractivity (Wildman–Crippen MR) is 70.0 cm³/mol. The van der Waals surface area contributed by atoms with Gasteiger partial charge >= 0.3 is 5.97 Å². The number of nitrogens with zero attached hydrogens (tertiary/aromatic N) is 2. The molecule has 0 aliphatic carbocycles. The van der Waals surface area contributed by atoms with Crippen molar-refractivity contribution in [3.05, 3.63) is 47.0 Å². The molecule has 1 aromatic carbocycles. The van der Waals surface area contributed by atoms with Crippen LogP contribution in [0.3, 0.4) is 0 Å². The van der Waals surface area contributed by atoms with Gasteiger partial charge in [0.1, 0.15) is 6.61 Å². The minimum Gasteiger partial charge on any atom is -0.484 e. The molecule has 0 aliphatic heterocycles. The average molecular weight is 278 g/mol. The second kappa shape index (κ2) is 5.73. The molecule has 0 saturated carbocycles. The smallest absolute Gasteiger partial charge is 0.337 e. The topological polar surface area (TPSA) is 53.4 Å². The summed E-state index contributed by atoms with van der Waals surface area (Å²) >= 11 is 0. The summed E-state index contributed by atoms with van der Waals surface area (Å²) in [5.74, 6) is -1.11. The first-order valence-electron chi connectivity index (χ1n) is 6.01. The summed E-state index contributed by atoms with van der Waals surface area (Å²) in [5.41, 5.74) is 1.98. The molecule has 1 heterocycles. The van der Waals surface area contributed by atoms with Gasteiger partial charge in [0, 0.05) is 7.05 Å². The van der Waals surface area contributed by atoms with E-state index in [-0.39, 0.29) is 17.9 Å². The van der Waals surface area contributed by atoms with Gasteiger partial charge < -0.3 is 9.47 Å². The van der Waals surface area contributed by atoms with Gasteiger partial charge in [-0.15, -0.1) is 0 Å². The number of carbonyl (C=O) groups excluding carboxylic acids is 1. The van der Waals surface area contributed by atoms with E-state index in [1.54, 1.807) is 17.9 Å². The maximum Gasteiger partial charge on any atom is 0.337 e. The van der Waals surface area contributed by atoms with Gasteiger partial charge in [0.25, 0.3) is 0 Å². The van der Waals surface area contributed by atoms with E-state index in [9.17, 15) is 9.18 Å². The number of ether oxygens (including phenoxy) is 2. The number of benzene rings is 1. The fourth-order valence-corrected chi connectivity index (χ4v) is 1.79. The Morgan fingerprint density at radius 1 is 1.45 bits per heavy atom. The van der Waals surface area contributed by atoms with Crippen LogP contribution in [0.25, 0.3) is 0 Å². The first kappa shape index (κ1) is 14.0. The van der Waals surface area contributed by atoms with Crippen LogP contribution in [0.4, 0.5) is 4.39 Å². The molecule has 106 valence electrons. The molecule has 2 rings (SSSR count). The Balaban J connectivity index is 2.13. The van der Waals surface area contributed by atoms with Crippen molar-refractivity contribution in [1.82, 2.24) is 9.78 Å². The monoisotopic (exact) mass is 278 g/mol. The minimum atomic E-state index is -0.604. The number of aromatic nitrogens is 2. The second-order valence-corrected chi connectivity index (χ2v) is 4.32. The highest BCUT2D eigenvalue weighted by molar-refractivity contribution is 5.89. The van der Waals surface area contributed by atoms with Gasteiger partial charge in [-0.1, -0.05) is 0 Å². The van der Waals surface area contributed by atoms with Crippen LogP contribution in [-0.4, -0.2) is 22.9 Å². The molecular weight excluding hydrogens is 263 g/mol. The first-order chi connectivity index (χ1) is 9.52. The van der Waals surface area contributed by atoms with E-state index < -0.39 is 11.8 Å². The highest BCUT2D eigenvalue weighted by atomic mass is 19.1. The third-order valence-electron chi connectivity index (χ3n) is 2.99. The fourth-order valence-electron chi connectivity index (χ4n) is 1.79. The third-order valence-corrected chi connectivity index (χ3v) is 2.99. The molecule has 0 fully saturated rings. The van der Waals surface area contributed by atoms with Gasteiger partial charge in [-0.25, -0.2) is 9.18 Å². The van der Waals surface area contributed by atoms with Gasteiger partial charge in [0.05, 0.1) is 24.6 Å². The van der Waals surface area contributed by atoms with Gasteiger partial charge in [-0.05, 0) is 30.7 Å². The number of rotatable bonds is 4. The van der Waals surface area contributed by atoms with Crippen molar-refractivity contribution >= 4 is 5.97 Å². The highest BCUT2D eigenvalue weighted by Gasteiger charge is 2.12. The summed E-state index contributed by atoms with van der Waals surface area (Å²) in [7, 11) is 3.04. The molecule has 0 unspecified atom stereocenters. The molecule has 0 spiro atoms. The van der Waals surface area contributed by atoms with Crippen LogP contribution in [0.5, 0.6) is 5.75 Å². The van der Waals surface area contributed by atoms with Gasteiger partial charge in [-0.2, -0.15) is 5.10 Å². The molecule has 0 bridgehead atoms. The van der Waals surface area contributed by atoms with Gasteiger partial charge in [-0.3, -0.25) is 4.68 Å². The lowest BCUT2D eigenvalue weighted by atomic mass is 10.2. The maximum absolute atomic E-state index is 13.8. The highest BCUT2D eigenvalue weighted by Crippen LogP contribution is 2.20. The largest absolute Gasteiger partial charge is 0.484 e. The van der Waals surface area contributed by atoms with Crippen LogP contribution in [-0.2, 0) is 18.4 Å². The predicted octanol–water partition coefficient (Wildman–Crippen LogP) is 2.23. The Morgan fingerprint density at radius 3 is 2.75 bits per heavy atom. The molecule has 0 saturated heterocycles. The Bertz CT molecular complexity index is 618. The standard InChI is InChI=1S/C14H15FN2O3/c1-9-7-16-17(2)12(9)8-20-13-5-4-10(6-11(13)15)14(18)19-3/h4-7H,8H2,1-3H3. The van der Waals surface area contributed by atoms with Gasteiger partial charge in [0.15, 0.2) is 11.6 Å². The lowest BCUT2D eigenvalue weighted by Crippen LogP contribution is -2.06. The van der Waals surface area contributed by atoms with Crippen LogP contribution < -0.4 is 4.74 Å². The SMILES string of the molecule is COC(=O)c1ccc(OCc2c(C)cnn2C)c(F)c1. The number of hydrogen-bond donors (Lipinski definition) is 0. The zero-order chi connectivity index (χ0) is 14.7. The van der Waals surface area contributed by atoms with E-state index >= 15 is 0 Å². The summed E-state index contributed by atoms with van der Waals surface area (Å²) in [6.45, 7) is 2.11. The third kappa shape index (κ3) is 2.79. The van der Waals surface area contributed by atoms with Crippen molar-refractivity contribution in [3.63, 3.8) is 0 Å². The molecule has 0 amide bonds. The first-order valence-corrected chi connectivity index (χ1v) is 6.01. The quantitative estimate of drug-likeness (QED) is 0.805. The van der Waals surface area contributed by atoms with Crippen LogP contribution >= 0.6 is 0 Å². The summed E-state index contributed by atoms with van der Waals surface area (Å²) in [4.78, 5) is 11.3. The maximum atomic E-state index is 13.8. The Kier molecular flexibility index (Phi) is 4.02. The lowest BCUT2D eigenvalue weighted by Gasteiger charge is -2.09. The van der Waals surface area contributed by atoms with Crippen LogP contribution in [0, 0.1) is 12.7 Å². The molecule has 0 aliphatic rings. The summed E-state index contributed by atoms with van der Waals surface area (Å²) < 4.78 is 25.4. The van der Waals surface area contributed by atoms with Crippen LogP contribution in [0.15, 0.2) is 24.4 Å². The van der Waals surface area contributed by atoms with E-state index in [0.717, 1.165) is 17.3 Å². The van der Waals surface area contributed by atoms with E-state index in [2.05, 4.69) is 9.84 Å². The zero-order valence-electron chi connectivity index (χ0n) is 11.5. The number of halogens is 1. The summed E-state index contributed by atoms with van der Waals surface area (Å²) in [6, 6.07) is 3.96. The van der Waals surface area contributed by atoms with Crippen molar-refractivity contribution in [2.45, 2.75) is 13.5 Å². The number of hydrogen-bond acceptors (Lipinski definition) is 4. The molecule has 0 N–H and O–H groups in total. The lowest BCUT2D eigenvalue weighted by molar-refractivity contribution is 0.0600. The van der Waals surface area contributed by atoms with E-state index in [0.29, 0.717) is 0 Å². The van der Waals surface area contributed by atoms with E-state index in [4.69, 9.17) is 4.74 Å². The number of methoxy groups -OCH3 is 1. The van der Waals surface area contributed by atoms with Crippen LogP contribution in [0.1, 0.15) is 21.6 Å². The Hall–Kier alpha value is -2.37. The van der Waals surface area contributed by atoms with Crippen molar-refractivity contribution < 1.29 is 18.7 Å². The molecule has 5 nitrogen and oxygen atoms in total. The van der Waals surface area contributed by atoms with Crippen molar-refractivity contribution in [2.75, 3.05) is 7.11 Å². The summed E-state index contributed by atoms with van der Waals surface area (Å²) in [5, 5.41) is 4.08. The number of esters is 1. The van der Waals surface area contributed by atoms with E-state index in [1.165, 1.54) is 19.2 Å². The van der Waals surface area contributed by atoms with Crippen molar-refractivity contribution in [1.29, 1.82) is 0 Å². The molecule has 2 aromatic rings. The molecule has 0 radical (unpaired) electrons. The number of aryl methyl sites for hydroxylation is 2. The fraction of sp³-hybridized carbons (Fsp3) is 0.286. The van der Waals surface area contributed by atoms with Crippen molar-refractivity contribution in [3.8, 4) is 5.75 Å².